The fourth-order valence-corrected chi connectivity index (χ4v) is 8.24. The highest BCUT2D eigenvalue weighted by atomic mass is 32.2. The van der Waals surface area contributed by atoms with E-state index in [9.17, 15) is 8.42 Å². The van der Waals surface area contributed by atoms with Crippen LogP contribution < -0.4 is 10.5 Å². The molecular formula is C29H40N4O3S. The maximum absolute atomic E-state index is 12.9. The van der Waals surface area contributed by atoms with Gasteiger partial charge in [0.05, 0.1) is 12.9 Å². The second-order valence-corrected chi connectivity index (χ2v) is 12.5. The van der Waals surface area contributed by atoms with Crippen molar-refractivity contribution in [3.05, 3.63) is 77.7 Å². The van der Waals surface area contributed by atoms with Gasteiger partial charge in [0.1, 0.15) is 5.75 Å². The Hall–Kier alpha value is -2.39. The number of rotatable bonds is 5. The summed E-state index contributed by atoms with van der Waals surface area (Å²) in [5.74, 6) is 1.52. The zero-order valence-electron chi connectivity index (χ0n) is 21.8. The highest BCUT2D eigenvalue weighted by Gasteiger charge is 2.45. The van der Waals surface area contributed by atoms with E-state index in [1.165, 1.54) is 16.8 Å². The number of benzene rings is 1. The maximum atomic E-state index is 12.9. The Morgan fingerprint density at radius 1 is 1.16 bits per heavy atom. The number of nitrogens with two attached hydrogens (primary N) is 1. The van der Waals surface area contributed by atoms with Gasteiger partial charge in [-0.15, -0.1) is 0 Å². The number of sulfonamides is 1. The summed E-state index contributed by atoms with van der Waals surface area (Å²) in [6.45, 7) is 4.15. The number of hydrogen-bond acceptors (Lipinski definition) is 6. The van der Waals surface area contributed by atoms with Crippen molar-refractivity contribution in [2.45, 2.75) is 44.2 Å². The first-order chi connectivity index (χ1) is 18.0. The van der Waals surface area contributed by atoms with Crippen LogP contribution in [0.5, 0.6) is 5.75 Å². The van der Waals surface area contributed by atoms with Crippen LogP contribution in [0.25, 0.3) is 0 Å². The van der Waals surface area contributed by atoms with Gasteiger partial charge in [-0.05, 0) is 86.1 Å². The topological polar surface area (TPSA) is 79.1 Å². The molecule has 3 atom stereocenters. The molecule has 0 aromatic heterocycles. The summed E-state index contributed by atoms with van der Waals surface area (Å²) < 4.78 is 33.1. The second-order valence-electron chi connectivity index (χ2n) is 10.5. The molecule has 1 aromatic rings. The van der Waals surface area contributed by atoms with Crippen LogP contribution in [-0.2, 0) is 16.4 Å². The first kappa shape index (κ1) is 26.2. The monoisotopic (exact) mass is 524 g/mol. The summed E-state index contributed by atoms with van der Waals surface area (Å²) in [5, 5.41) is 0. The molecule has 0 amide bonds. The van der Waals surface area contributed by atoms with E-state index in [1.54, 1.807) is 7.11 Å². The summed E-state index contributed by atoms with van der Waals surface area (Å²) in [4.78, 5) is 4.78. The molecule has 200 valence electrons. The van der Waals surface area contributed by atoms with Crippen LogP contribution in [0.1, 0.15) is 42.9 Å². The van der Waals surface area contributed by atoms with Crippen LogP contribution in [0.2, 0.25) is 0 Å². The smallest absolute Gasteiger partial charge is 0.214 e. The second kappa shape index (κ2) is 11.6. The van der Waals surface area contributed by atoms with Crippen molar-refractivity contribution in [1.29, 1.82) is 0 Å². The van der Waals surface area contributed by atoms with Gasteiger partial charge >= 0.3 is 0 Å². The number of allylic oxidation sites excluding steroid dienone is 5. The lowest BCUT2D eigenvalue weighted by molar-refractivity contribution is 0.0219. The predicted molar refractivity (Wildman–Crippen MR) is 149 cm³/mol. The first-order valence-corrected chi connectivity index (χ1v) is 15.2. The molecule has 2 N–H and O–H groups in total. The Labute approximate surface area is 222 Å². The molecule has 0 bridgehead atoms. The average molecular weight is 525 g/mol. The average Bonchev–Trinajstić information content (AvgIpc) is 2.94. The van der Waals surface area contributed by atoms with Crippen molar-refractivity contribution in [3.63, 3.8) is 0 Å². The number of fused-ring (bicyclic) bond motifs is 5. The van der Waals surface area contributed by atoms with Crippen molar-refractivity contribution >= 4 is 10.0 Å². The standard InChI is InChI=1S/C20H31N3O3S.C9H9N/c1-26-17-5-6-18-15(12-17)7-10-22-14-16-4-2-9-23(19(16)13-20(18)22)27(24,25)11-3-8-21;1-3-7-10-8-4-2-6-9(10)5-1/h5-6,12,16,19-20H,2-4,7-11,13-14,21H2,1H3;1-7H,8H2/t16-,19+,20+;/m1./s1. The van der Waals surface area contributed by atoms with E-state index in [1.807, 2.05) is 10.4 Å². The van der Waals surface area contributed by atoms with Crippen molar-refractivity contribution in [3.8, 4) is 5.75 Å². The largest absolute Gasteiger partial charge is 0.497 e. The highest BCUT2D eigenvalue weighted by molar-refractivity contribution is 7.89. The molecule has 0 saturated carbocycles. The highest BCUT2D eigenvalue weighted by Crippen LogP contribution is 2.44. The summed E-state index contributed by atoms with van der Waals surface area (Å²) in [6, 6.07) is 6.80. The predicted octanol–water partition coefficient (Wildman–Crippen LogP) is 3.58. The molecule has 0 aliphatic carbocycles. The zero-order chi connectivity index (χ0) is 25.8. The Morgan fingerprint density at radius 3 is 2.86 bits per heavy atom. The van der Waals surface area contributed by atoms with Crippen LogP contribution in [0.3, 0.4) is 0 Å². The Kier molecular flexibility index (Phi) is 8.19. The Bertz CT molecular complexity index is 1190. The quantitative estimate of drug-likeness (QED) is 0.634. The normalized spacial score (nSPS) is 26.7. The minimum atomic E-state index is -3.23. The number of piperidine rings is 2. The fraction of sp³-hybridized carbons (Fsp3) is 0.517. The zero-order valence-corrected chi connectivity index (χ0v) is 22.7. The van der Waals surface area contributed by atoms with Gasteiger partial charge < -0.3 is 15.4 Å². The van der Waals surface area contributed by atoms with E-state index in [-0.39, 0.29) is 11.8 Å². The van der Waals surface area contributed by atoms with E-state index in [2.05, 4.69) is 64.6 Å². The first-order valence-electron chi connectivity index (χ1n) is 13.6. The Balaban J connectivity index is 0.000000233. The molecule has 2 saturated heterocycles. The molecule has 5 aliphatic heterocycles. The van der Waals surface area contributed by atoms with Crippen molar-refractivity contribution in [2.75, 3.05) is 45.6 Å². The van der Waals surface area contributed by atoms with Gasteiger partial charge in [-0.2, -0.15) is 4.31 Å². The summed E-state index contributed by atoms with van der Waals surface area (Å²) in [6.07, 6.45) is 19.2. The lowest BCUT2D eigenvalue weighted by Crippen LogP contribution is -2.57. The molecule has 2 fully saturated rings. The number of methoxy groups -OCH3 is 1. The van der Waals surface area contributed by atoms with E-state index in [4.69, 9.17) is 10.5 Å². The molecule has 0 unspecified atom stereocenters. The minimum Gasteiger partial charge on any atom is -0.497 e. The molecule has 1 aromatic carbocycles. The van der Waals surface area contributed by atoms with Gasteiger partial charge in [0.2, 0.25) is 10.0 Å². The third-order valence-electron chi connectivity index (χ3n) is 8.26. The maximum Gasteiger partial charge on any atom is 0.214 e. The van der Waals surface area contributed by atoms with Gasteiger partial charge in [-0.1, -0.05) is 24.3 Å². The molecule has 0 radical (unpaired) electrons. The molecule has 0 spiro atoms. The summed E-state index contributed by atoms with van der Waals surface area (Å²) in [7, 11) is -1.52. The van der Waals surface area contributed by atoms with Crippen LogP contribution in [0, 0.1) is 5.92 Å². The van der Waals surface area contributed by atoms with Gasteiger partial charge in [0.15, 0.2) is 0 Å². The molecule has 5 heterocycles. The molecule has 37 heavy (non-hydrogen) atoms. The number of ether oxygens (including phenoxy) is 1. The Morgan fingerprint density at radius 2 is 2.05 bits per heavy atom. The number of hydrogen-bond donors (Lipinski definition) is 1. The molecular weight excluding hydrogens is 484 g/mol. The molecule has 5 aliphatic rings. The third-order valence-corrected chi connectivity index (χ3v) is 10.2. The van der Waals surface area contributed by atoms with Crippen molar-refractivity contribution in [1.82, 2.24) is 14.1 Å². The van der Waals surface area contributed by atoms with E-state index in [0.717, 1.165) is 51.1 Å². The molecule has 6 rings (SSSR count). The lowest BCUT2D eigenvalue weighted by atomic mass is 9.77. The van der Waals surface area contributed by atoms with Gasteiger partial charge in [-0.3, -0.25) is 4.90 Å². The van der Waals surface area contributed by atoms with Crippen LogP contribution >= 0.6 is 0 Å². The van der Waals surface area contributed by atoms with Gasteiger partial charge in [0, 0.05) is 50.2 Å². The molecule has 8 heteroatoms. The SMILES string of the molecule is C1=CCN2C=CC=CC2=C1.COc1ccc2c(c1)CCN1C[C@H]3CCCN(S(=O)(=O)CCCN)[C@H]3C[C@@H]21. The summed E-state index contributed by atoms with van der Waals surface area (Å²) >= 11 is 0. The van der Waals surface area contributed by atoms with Crippen molar-refractivity contribution in [2.24, 2.45) is 11.7 Å². The lowest BCUT2D eigenvalue weighted by Gasteiger charge is -2.51. The third kappa shape index (κ3) is 5.72. The van der Waals surface area contributed by atoms with Crippen LogP contribution in [0.4, 0.5) is 0 Å². The van der Waals surface area contributed by atoms with Crippen molar-refractivity contribution < 1.29 is 13.2 Å². The van der Waals surface area contributed by atoms with Crippen LogP contribution in [0.15, 0.2) is 66.6 Å². The van der Waals surface area contributed by atoms with Crippen LogP contribution in [-0.4, -0.2) is 74.2 Å². The molecule has 7 nitrogen and oxygen atoms in total. The van der Waals surface area contributed by atoms with E-state index in [0.29, 0.717) is 31.5 Å². The number of nitrogens with zero attached hydrogens (tertiary/aromatic N) is 3. The van der Waals surface area contributed by atoms with Gasteiger partial charge in [-0.25, -0.2) is 8.42 Å². The van der Waals surface area contributed by atoms with E-state index >= 15 is 0 Å². The fourth-order valence-electron chi connectivity index (χ4n) is 6.39. The minimum absolute atomic E-state index is 0.121. The van der Waals surface area contributed by atoms with E-state index < -0.39 is 10.0 Å². The van der Waals surface area contributed by atoms with Gasteiger partial charge in [0.25, 0.3) is 0 Å². The summed E-state index contributed by atoms with van der Waals surface area (Å²) in [5.41, 5.74) is 9.55.